The van der Waals surface area contributed by atoms with Crippen LogP contribution >= 0.6 is 0 Å². The van der Waals surface area contributed by atoms with Gasteiger partial charge in [0.1, 0.15) is 0 Å². The van der Waals surface area contributed by atoms with E-state index in [-0.39, 0.29) is 5.54 Å². The summed E-state index contributed by atoms with van der Waals surface area (Å²) in [6, 6.07) is 0. The van der Waals surface area contributed by atoms with Crippen molar-refractivity contribution in [3.05, 3.63) is 0 Å². The summed E-state index contributed by atoms with van der Waals surface area (Å²) in [6.45, 7) is 10.4. The average molecular weight is 240 g/mol. The van der Waals surface area contributed by atoms with Crippen LogP contribution in [-0.2, 0) is 0 Å². The minimum absolute atomic E-state index is 0.0132. The summed E-state index contributed by atoms with van der Waals surface area (Å²) >= 11 is 0. The van der Waals surface area contributed by atoms with Crippen molar-refractivity contribution in [2.45, 2.75) is 71.3 Å². The van der Waals surface area contributed by atoms with Gasteiger partial charge >= 0.3 is 0 Å². The Morgan fingerprint density at radius 1 is 1.18 bits per heavy atom. The van der Waals surface area contributed by atoms with Gasteiger partial charge in [-0.3, -0.25) is 0 Å². The van der Waals surface area contributed by atoms with E-state index in [0.29, 0.717) is 0 Å². The number of nitrogens with zero attached hydrogens (tertiary/aromatic N) is 1. The first-order chi connectivity index (χ1) is 8.07. The summed E-state index contributed by atoms with van der Waals surface area (Å²) < 4.78 is 0. The quantitative estimate of drug-likeness (QED) is 0.771. The van der Waals surface area contributed by atoms with E-state index in [1.165, 1.54) is 51.6 Å². The highest BCUT2D eigenvalue weighted by molar-refractivity contribution is 4.83. The van der Waals surface area contributed by atoms with Crippen LogP contribution in [0, 0.1) is 5.92 Å². The van der Waals surface area contributed by atoms with Gasteiger partial charge < -0.3 is 10.6 Å². The second kappa shape index (κ2) is 7.38. The molecule has 0 aromatic rings. The number of rotatable bonds is 6. The minimum atomic E-state index is 0.0132. The van der Waals surface area contributed by atoms with Crippen LogP contribution in [0.5, 0.6) is 0 Å². The number of hydrogen-bond donors (Lipinski definition) is 1. The van der Waals surface area contributed by atoms with Crippen molar-refractivity contribution in [2.24, 2.45) is 11.7 Å². The van der Waals surface area contributed by atoms with Crippen LogP contribution in [0.15, 0.2) is 0 Å². The number of hydrogen-bond acceptors (Lipinski definition) is 2. The minimum Gasteiger partial charge on any atom is -0.324 e. The molecule has 0 aromatic heterocycles. The van der Waals surface area contributed by atoms with Crippen LogP contribution in [0.1, 0.15) is 65.7 Å². The van der Waals surface area contributed by atoms with Crippen molar-refractivity contribution >= 4 is 0 Å². The number of nitrogens with two attached hydrogens (primary N) is 1. The molecule has 1 aliphatic rings. The Bertz CT molecular complexity index is 201. The third-order valence-corrected chi connectivity index (χ3v) is 4.04. The first-order valence-electron chi connectivity index (χ1n) is 7.58. The molecule has 0 amide bonds. The molecule has 0 aromatic carbocycles. The van der Waals surface area contributed by atoms with Crippen LogP contribution in [0.25, 0.3) is 0 Å². The molecule has 1 saturated heterocycles. The monoisotopic (exact) mass is 240 g/mol. The van der Waals surface area contributed by atoms with Crippen LogP contribution in [0.3, 0.4) is 0 Å². The summed E-state index contributed by atoms with van der Waals surface area (Å²) in [4.78, 5) is 2.60. The fourth-order valence-corrected chi connectivity index (χ4v) is 3.24. The fraction of sp³-hybridized carbons (Fsp3) is 1.00. The molecule has 0 radical (unpaired) electrons. The van der Waals surface area contributed by atoms with Crippen LogP contribution in [0.4, 0.5) is 0 Å². The highest BCUT2D eigenvalue weighted by Crippen LogP contribution is 2.23. The molecule has 1 aliphatic heterocycles. The zero-order valence-electron chi connectivity index (χ0n) is 12.2. The Balaban J connectivity index is 2.35. The first kappa shape index (κ1) is 15.0. The summed E-state index contributed by atoms with van der Waals surface area (Å²) in [5.41, 5.74) is 6.37. The lowest BCUT2D eigenvalue weighted by atomic mass is 9.95. The number of likely N-dealkylation sites (tertiary alicyclic amines) is 1. The van der Waals surface area contributed by atoms with E-state index in [0.717, 1.165) is 18.9 Å². The fourth-order valence-electron chi connectivity index (χ4n) is 3.24. The SMILES string of the molecule is CCCC1CCCN(CC(C)(N)CCC)CC1. The van der Waals surface area contributed by atoms with Crippen molar-refractivity contribution in [2.75, 3.05) is 19.6 Å². The van der Waals surface area contributed by atoms with Crippen molar-refractivity contribution in [3.63, 3.8) is 0 Å². The van der Waals surface area contributed by atoms with E-state index >= 15 is 0 Å². The van der Waals surface area contributed by atoms with Gasteiger partial charge in [0.15, 0.2) is 0 Å². The molecule has 0 spiro atoms. The molecule has 1 heterocycles. The molecule has 102 valence electrons. The van der Waals surface area contributed by atoms with Crippen LogP contribution < -0.4 is 5.73 Å². The Morgan fingerprint density at radius 2 is 1.94 bits per heavy atom. The van der Waals surface area contributed by atoms with Gasteiger partial charge in [-0.1, -0.05) is 33.1 Å². The van der Waals surface area contributed by atoms with E-state index in [1.807, 2.05) is 0 Å². The molecule has 2 unspecified atom stereocenters. The van der Waals surface area contributed by atoms with Gasteiger partial charge in [0, 0.05) is 12.1 Å². The Labute approximate surface area is 108 Å². The van der Waals surface area contributed by atoms with Crippen LogP contribution in [-0.4, -0.2) is 30.1 Å². The molecule has 1 rings (SSSR count). The Hall–Kier alpha value is -0.0800. The predicted octanol–water partition coefficient (Wildman–Crippen LogP) is 3.41. The maximum absolute atomic E-state index is 6.36. The highest BCUT2D eigenvalue weighted by Gasteiger charge is 2.23. The second-order valence-electron chi connectivity index (χ2n) is 6.27. The largest absolute Gasteiger partial charge is 0.324 e. The lowest BCUT2D eigenvalue weighted by Crippen LogP contribution is -2.48. The molecule has 0 saturated carbocycles. The van der Waals surface area contributed by atoms with Crippen molar-refractivity contribution in [1.82, 2.24) is 4.90 Å². The normalized spacial score (nSPS) is 26.5. The van der Waals surface area contributed by atoms with Gasteiger partial charge in [-0.25, -0.2) is 0 Å². The average Bonchev–Trinajstić information content (AvgIpc) is 2.44. The third kappa shape index (κ3) is 5.87. The molecule has 17 heavy (non-hydrogen) atoms. The predicted molar refractivity (Wildman–Crippen MR) is 76.2 cm³/mol. The maximum Gasteiger partial charge on any atom is 0.0254 e. The second-order valence-corrected chi connectivity index (χ2v) is 6.27. The van der Waals surface area contributed by atoms with E-state index in [1.54, 1.807) is 0 Å². The van der Waals surface area contributed by atoms with E-state index < -0.39 is 0 Å². The van der Waals surface area contributed by atoms with Gasteiger partial charge in [0.25, 0.3) is 0 Å². The smallest absolute Gasteiger partial charge is 0.0254 e. The Morgan fingerprint density at radius 3 is 2.59 bits per heavy atom. The lowest BCUT2D eigenvalue weighted by Gasteiger charge is -2.31. The molecule has 2 N–H and O–H groups in total. The molecular weight excluding hydrogens is 208 g/mol. The van der Waals surface area contributed by atoms with E-state index in [2.05, 4.69) is 25.7 Å². The molecule has 2 atom stereocenters. The standard InChI is InChI=1S/C15H32N2/c1-4-7-14-8-6-11-17(12-9-14)13-15(3,16)10-5-2/h14H,4-13,16H2,1-3H3. The van der Waals surface area contributed by atoms with Gasteiger partial charge in [-0.15, -0.1) is 0 Å². The van der Waals surface area contributed by atoms with Crippen LogP contribution in [0.2, 0.25) is 0 Å². The summed E-state index contributed by atoms with van der Waals surface area (Å²) in [7, 11) is 0. The molecule has 2 nitrogen and oxygen atoms in total. The van der Waals surface area contributed by atoms with E-state index in [9.17, 15) is 0 Å². The van der Waals surface area contributed by atoms with Crippen molar-refractivity contribution < 1.29 is 0 Å². The topological polar surface area (TPSA) is 29.3 Å². The molecular formula is C15H32N2. The molecule has 0 bridgehead atoms. The first-order valence-corrected chi connectivity index (χ1v) is 7.58. The molecule has 2 heteroatoms. The van der Waals surface area contributed by atoms with Gasteiger partial charge in [0.2, 0.25) is 0 Å². The van der Waals surface area contributed by atoms with E-state index in [4.69, 9.17) is 5.73 Å². The lowest BCUT2D eigenvalue weighted by molar-refractivity contribution is 0.213. The summed E-state index contributed by atoms with van der Waals surface area (Å²) in [5.74, 6) is 0.972. The molecule has 1 fully saturated rings. The highest BCUT2D eigenvalue weighted by atomic mass is 15.1. The zero-order chi connectivity index (χ0) is 12.7. The zero-order valence-corrected chi connectivity index (χ0v) is 12.2. The summed E-state index contributed by atoms with van der Waals surface area (Å²) in [6.07, 6.45) is 9.28. The Kier molecular flexibility index (Phi) is 6.50. The molecule has 0 aliphatic carbocycles. The van der Waals surface area contributed by atoms with Gasteiger partial charge in [-0.2, -0.15) is 0 Å². The third-order valence-electron chi connectivity index (χ3n) is 4.04. The van der Waals surface area contributed by atoms with Crippen molar-refractivity contribution in [1.29, 1.82) is 0 Å². The van der Waals surface area contributed by atoms with Gasteiger partial charge in [0.05, 0.1) is 0 Å². The van der Waals surface area contributed by atoms with Gasteiger partial charge in [-0.05, 0) is 51.6 Å². The van der Waals surface area contributed by atoms with Crippen molar-refractivity contribution in [3.8, 4) is 0 Å². The maximum atomic E-state index is 6.36. The summed E-state index contributed by atoms with van der Waals surface area (Å²) in [5, 5.41) is 0.